The molecule has 2 N–H and O–H groups in total. The van der Waals surface area contributed by atoms with Gasteiger partial charge >= 0.3 is 0 Å². The van der Waals surface area contributed by atoms with E-state index >= 15 is 0 Å². The Bertz CT molecular complexity index is 300. The summed E-state index contributed by atoms with van der Waals surface area (Å²) in [5.41, 5.74) is 0. The fourth-order valence-corrected chi connectivity index (χ4v) is 1.15. The van der Waals surface area contributed by atoms with E-state index in [1.54, 1.807) is 6.92 Å². The molecule has 0 saturated carbocycles. The largest absolute Gasteiger partial charge is 0.355 e. The molecule has 0 aliphatic carbocycles. The van der Waals surface area contributed by atoms with Crippen molar-refractivity contribution >= 4 is 5.91 Å². The summed E-state index contributed by atoms with van der Waals surface area (Å²) in [6.07, 6.45) is 3.34. The zero-order valence-corrected chi connectivity index (χ0v) is 9.69. The molecule has 1 aromatic heterocycles. The molecule has 0 bridgehead atoms. The molecule has 0 aliphatic heterocycles. The molecule has 1 atom stereocenters. The first kappa shape index (κ1) is 12.6. The Kier molecular flexibility index (Phi) is 5.49. The number of carbonyl (C=O) groups is 1. The molecular formula is C10H18N4O2. The van der Waals surface area contributed by atoms with Crippen LogP contribution in [0.4, 0.5) is 0 Å². The van der Waals surface area contributed by atoms with Crippen molar-refractivity contribution in [1.82, 2.24) is 20.8 Å². The Morgan fingerprint density at radius 3 is 3.06 bits per heavy atom. The van der Waals surface area contributed by atoms with Crippen LogP contribution in [0.5, 0.6) is 0 Å². The number of carbonyl (C=O) groups excluding carboxylic acids is 1. The molecule has 6 heteroatoms. The quantitative estimate of drug-likeness (QED) is 0.660. The first-order valence-electron chi connectivity index (χ1n) is 5.50. The van der Waals surface area contributed by atoms with E-state index in [0.29, 0.717) is 12.4 Å². The van der Waals surface area contributed by atoms with Crippen LogP contribution in [0.3, 0.4) is 0 Å². The first-order chi connectivity index (χ1) is 7.74. The van der Waals surface area contributed by atoms with Crippen LogP contribution in [0.25, 0.3) is 0 Å². The molecule has 0 spiro atoms. The Morgan fingerprint density at radius 1 is 1.62 bits per heavy atom. The molecule has 1 rings (SSSR count). The fraction of sp³-hybridized carbons (Fsp3) is 0.700. The van der Waals surface area contributed by atoms with Gasteiger partial charge < -0.3 is 9.84 Å². The lowest BCUT2D eigenvalue weighted by Gasteiger charge is -2.12. The van der Waals surface area contributed by atoms with Crippen molar-refractivity contribution in [3.05, 3.63) is 12.2 Å². The molecule has 1 amide bonds. The smallest absolute Gasteiger partial charge is 0.236 e. The van der Waals surface area contributed by atoms with E-state index in [4.69, 9.17) is 0 Å². The summed E-state index contributed by atoms with van der Waals surface area (Å²) in [7, 11) is 0. The molecule has 16 heavy (non-hydrogen) atoms. The maximum absolute atomic E-state index is 11.5. The minimum absolute atomic E-state index is 0.00283. The summed E-state index contributed by atoms with van der Waals surface area (Å²) < 4.78 is 4.59. The van der Waals surface area contributed by atoms with Gasteiger partial charge in [0.1, 0.15) is 0 Å². The van der Waals surface area contributed by atoms with Crippen molar-refractivity contribution in [1.29, 1.82) is 0 Å². The van der Waals surface area contributed by atoms with Gasteiger partial charge in [-0.2, -0.15) is 4.98 Å². The number of hydrogen-bond acceptors (Lipinski definition) is 5. The van der Waals surface area contributed by atoms with Crippen LogP contribution in [0.2, 0.25) is 0 Å². The van der Waals surface area contributed by atoms with E-state index in [1.807, 2.05) is 0 Å². The summed E-state index contributed by atoms with van der Waals surface area (Å²) in [5, 5.41) is 9.51. The van der Waals surface area contributed by atoms with Gasteiger partial charge in [-0.25, -0.2) is 0 Å². The van der Waals surface area contributed by atoms with Crippen LogP contribution >= 0.6 is 0 Å². The van der Waals surface area contributed by atoms with Gasteiger partial charge in [0, 0.05) is 6.54 Å². The van der Waals surface area contributed by atoms with Gasteiger partial charge in [0.05, 0.1) is 12.6 Å². The maximum Gasteiger partial charge on any atom is 0.236 e. The average molecular weight is 226 g/mol. The highest BCUT2D eigenvalue weighted by molar-refractivity contribution is 5.81. The van der Waals surface area contributed by atoms with Crippen LogP contribution < -0.4 is 10.6 Å². The van der Waals surface area contributed by atoms with E-state index in [0.717, 1.165) is 19.4 Å². The van der Waals surface area contributed by atoms with E-state index in [1.165, 1.54) is 6.39 Å². The number of hydrogen-bond donors (Lipinski definition) is 2. The predicted molar refractivity (Wildman–Crippen MR) is 58.5 cm³/mol. The Labute approximate surface area is 94.8 Å². The summed E-state index contributed by atoms with van der Waals surface area (Å²) in [5.74, 6) is 0.546. The first-order valence-corrected chi connectivity index (χ1v) is 5.50. The molecule has 0 saturated heterocycles. The molecule has 1 unspecified atom stereocenters. The monoisotopic (exact) mass is 226 g/mol. The summed E-state index contributed by atoms with van der Waals surface area (Å²) in [4.78, 5) is 15.4. The average Bonchev–Trinajstić information content (AvgIpc) is 2.79. The number of nitrogens with zero attached hydrogens (tertiary/aromatic N) is 2. The summed E-state index contributed by atoms with van der Waals surface area (Å²) in [6.45, 7) is 5.05. The minimum atomic E-state index is -0.254. The Hall–Kier alpha value is -1.43. The lowest BCUT2D eigenvalue weighted by atomic mass is 10.3. The third-order valence-electron chi connectivity index (χ3n) is 2.20. The topological polar surface area (TPSA) is 80.0 Å². The summed E-state index contributed by atoms with van der Waals surface area (Å²) in [6, 6.07) is -0.254. The SMILES string of the molecule is CCCCNC(=O)C(C)NCc1ncon1. The molecule has 0 fully saturated rings. The molecule has 1 heterocycles. The predicted octanol–water partition coefficient (Wildman–Crippen LogP) is 0.464. The lowest BCUT2D eigenvalue weighted by molar-refractivity contribution is -0.122. The van der Waals surface area contributed by atoms with Crippen LogP contribution in [0, 0.1) is 0 Å². The van der Waals surface area contributed by atoms with Crippen LogP contribution in [-0.2, 0) is 11.3 Å². The molecular weight excluding hydrogens is 208 g/mol. The minimum Gasteiger partial charge on any atom is -0.355 e. The Balaban J connectivity index is 2.18. The van der Waals surface area contributed by atoms with E-state index in [2.05, 4.69) is 32.2 Å². The van der Waals surface area contributed by atoms with Gasteiger partial charge in [-0.05, 0) is 13.3 Å². The van der Waals surface area contributed by atoms with Gasteiger partial charge in [-0.15, -0.1) is 0 Å². The second-order valence-corrected chi connectivity index (χ2v) is 3.59. The van der Waals surface area contributed by atoms with Gasteiger partial charge in [-0.3, -0.25) is 10.1 Å². The number of unbranched alkanes of at least 4 members (excludes halogenated alkanes) is 1. The van der Waals surface area contributed by atoms with Crippen molar-refractivity contribution in [3.63, 3.8) is 0 Å². The second-order valence-electron chi connectivity index (χ2n) is 3.59. The maximum atomic E-state index is 11.5. The molecule has 6 nitrogen and oxygen atoms in total. The second kappa shape index (κ2) is 6.95. The van der Waals surface area contributed by atoms with Crippen molar-refractivity contribution in [2.45, 2.75) is 39.3 Å². The van der Waals surface area contributed by atoms with Crippen molar-refractivity contribution < 1.29 is 9.32 Å². The van der Waals surface area contributed by atoms with Crippen LogP contribution in [-0.4, -0.2) is 28.6 Å². The van der Waals surface area contributed by atoms with Crippen molar-refractivity contribution in [2.75, 3.05) is 6.54 Å². The molecule has 0 radical (unpaired) electrons. The number of amides is 1. The normalized spacial score (nSPS) is 12.4. The molecule has 0 aliphatic rings. The van der Waals surface area contributed by atoms with Crippen LogP contribution in [0.15, 0.2) is 10.9 Å². The molecule has 1 aromatic rings. The molecule has 90 valence electrons. The van der Waals surface area contributed by atoms with Crippen molar-refractivity contribution in [2.24, 2.45) is 0 Å². The number of aromatic nitrogens is 2. The fourth-order valence-electron chi connectivity index (χ4n) is 1.15. The highest BCUT2D eigenvalue weighted by atomic mass is 16.5. The highest BCUT2D eigenvalue weighted by Gasteiger charge is 2.11. The van der Waals surface area contributed by atoms with Crippen molar-refractivity contribution in [3.8, 4) is 0 Å². The third kappa shape index (κ3) is 4.39. The molecule has 0 aromatic carbocycles. The van der Waals surface area contributed by atoms with Gasteiger partial charge in [0.2, 0.25) is 12.3 Å². The van der Waals surface area contributed by atoms with E-state index in [-0.39, 0.29) is 11.9 Å². The standard InChI is InChI=1S/C10H18N4O2/c1-3-4-5-11-10(15)8(2)12-6-9-13-7-16-14-9/h7-8,12H,3-6H2,1-2H3,(H,11,15). The zero-order chi connectivity index (χ0) is 11.8. The number of nitrogens with one attached hydrogen (secondary N) is 2. The van der Waals surface area contributed by atoms with Crippen LogP contribution in [0.1, 0.15) is 32.5 Å². The summed E-state index contributed by atoms with van der Waals surface area (Å²) >= 11 is 0. The Morgan fingerprint density at radius 2 is 2.44 bits per heavy atom. The van der Waals surface area contributed by atoms with Gasteiger partial charge in [0.25, 0.3) is 0 Å². The lowest BCUT2D eigenvalue weighted by Crippen LogP contribution is -2.42. The number of rotatable bonds is 7. The van der Waals surface area contributed by atoms with Gasteiger partial charge in [0.15, 0.2) is 5.82 Å². The van der Waals surface area contributed by atoms with Gasteiger partial charge in [-0.1, -0.05) is 18.5 Å². The van der Waals surface area contributed by atoms with E-state index < -0.39 is 0 Å². The third-order valence-corrected chi connectivity index (χ3v) is 2.20. The highest BCUT2D eigenvalue weighted by Crippen LogP contribution is 1.90. The van der Waals surface area contributed by atoms with E-state index in [9.17, 15) is 4.79 Å². The zero-order valence-electron chi connectivity index (χ0n) is 9.69.